The fourth-order valence-corrected chi connectivity index (χ4v) is 2.53. The summed E-state index contributed by atoms with van der Waals surface area (Å²) in [5.41, 5.74) is 6.62. The molecular formula is C17H28N2O2. The van der Waals surface area contributed by atoms with Crippen molar-refractivity contribution in [3.05, 3.63) is 29.8 Å². The zero-order valence-corrected chi connectivity index (χ0v) is 13.5. The van der Waals surface area contributed by atoms with Crippen molar-refractivity contribution in [2.45, 2.75) is 52.1 Å². The maximum Gasteiger partial charge on any atom is 0.220 e. The van der Waals surface area contributed by atoms with Crippen molar-refractivity contribution in [1.29, 1.82) is 0 Å². The Balaban J connectivity index is 2.44. The number of anilines is 1. The van der Waals surface area contributed by atoms with Crippen molar-refractivity contribution in [3.8, 4) is 0 Å². The van der Waals surface area contributed by atoms with Crippen LogP contribution in [0.3, 0.4) is 0 Å². The Bertz CT molecular complexity index is 452. The summed E-state index contributed by atoms with van der Waals surface area (Å²) in [6.45, 7) is 8.17. The molecule has 0 fully saturated rings. The minimum atomic E-state index is -0.853. The highest BCUT2D eigenvalue weighted by Gasteiger charge is 2.23. The lowest BCUT2D eigenvalue weighted by atomic mass is 9.93. The van der Waals surface area contributed by atoms with Gasteiger partial charge in [0, 0.05) is 18.7 Å². The van der Waals surface area contributed by atoms with Crippen LogP contribution in [-0.4, -0.2) is 23.2 Å². The van der Waals surface area contributed by atoms with Gasteiger partial charge in [-0.1, -0.05) is 32.9 Å². The molecule has 4 nitrogen and oxygen atoms in total. The van der Waals surface area contributed by atoms with Gasteiger partial charge in [0.05, 0.1) is 5.60 Å². The molecule has 21 heavy (non-hydrogen) atoms. The van der Waals surface area contributed by atoms with E-state index in [9.17, 15) is 9.90 Å². The molecule has 0 aliphatic rings. The van der Waals surface area contributed by atoms with Gasteiger partial charge in [0.15, 0.2) is 0 Å². The average Bonchev–Trinajstić information content (AvgIpc) is 2.36. The predicted molar refractivity (Wildman–Crippen MR) is 87.0 cm³/mol. The third-order valence-electron chi connectivity index (χ3n) is 3.51. The second-order valence-electron chi connectivity index (χ2n) is 6.64. The molecule has 1 aromatic rings. The van der Waals surface area contributed by atoms with E-state index in [0.717, 1.165) is 11.3 Å². The number of nitrogens with one attached hydrogen (secondary N) is 1. The van der Waals surface area contributed by atoms with Gasteiger partial charge in [0.1, 0.15) is 0 Å². The number of rotatable bonds is 7. The summed E-state index contributed by atoms with van der Waals surface area (Å²) < 4.78 is 0. The van der Waals surface area contributed by atoms with Gasteiger partial charge in [-0.05, 0) is 42.9 Å². The molecule has 0 saturated heterocycles. The highest BCUT2D eigenvalue weighted by Crippen LogP contribution is 2.20. The average molecular weight is 292 g/mol. The number of benzene rings is 1. The number of aliphatic hydroxyl groups is 1. The van der Waals surface area contributed by atoms with Gasteiger partial charge in [0.25, 0.3) is 0 Å². The van der Waals surface area contributed by atoms with Gasteiger partial charge >= 0.3 is 0 Å². The minimum Gasteiger partial charge on any atom is -0.399 e. The molecule has 118 valence electrons. The predicted octanol–water partition coefficient (Wildman–Crippen LogP) is 2.68. The first kappa shape index (κ1) is 17.5. The van der Waals surface area contributed by atoms with Crippen molar-refractivity contribution in [1.82, 2.24) is 5.32 Å². The third kappa shape index (κ3) is 6.63. The van der Waals surface area contributed by atoms with Crippen LogP contribution in [0, 0.1) is 5.92 Å². The van der Waals surface area contributed by atoms with Gasteiger partial charge in [0.2, 0.25) is 5.91 Å². The molecule has 1 aromatic carbocycles. The molecule has 1 amide bonds. The Hall–Kier alpha value is -1.55. The van der Waals surface area contributed by atoms with E-state index in [1.54, 1.807) is 6.92 Å². The lowest BCUT2D eigenvalue weighted by Gasteiger charge is -2.26. The van der Waals surface area contributed by atoms with E-state index in [4.69, 9.17) is 5.73 Å². The summed E-state index contributed by atoms with van der Waals surface area (Å²) in [7, 11) is 0. The highest BCUT2D eigenvalue weighted by molar-refractivity contribution is 5.76. The first-order chi connectivity index (χ1) is 9.69. The van der Waals surface area contributed by atoms with Crippen LogP contribution in [0.2, 0.25) is 0 Å². The molecule has 4 heteroatoms. The fraction of sp³-hybridized carbons (Fsp3) is 0.588. The highest BCUT2D eigenvalue weighted by atomic mass is 16.3. The zero-order valence-electron chi connectivity index (χ0n) is 13.5. The third-order valence-corrected chi connectivity index (χ3v) is 3.51. The normalized spacial score (nSPS) is 15.5. The molecule has 0 heterocycles. The second kappa shape index (κ2) is 7.46. The van der Waals surface area contributed by atoms with Crippen molar-refractivity contribution >= 4 is 11.6 Å². The number of hydrogen-bond donors (Lipinski definition) is 3. The standard InChI is InChI=1S/C17H28N2O2/c1-12(2)10-17(4,21)11-19-16(20)9-13(3)14-5-7-15(18)8-6-14/h5-8,12-13,21H,9-11,18H2,1-4H3,(H,19,20). The Labute approximate surface area is 127 Å². The van der Waals surface area contributed by atoms with Crippen LogP contribution in [-0.2, 0) is 4.79 Å². The van der Waals surface area contributed by atoms with Crippen molar-refractivity contribution in [3.63, 3.8) is 0 Å². The number of nitrogens with two attached hydrogens (primary N) is 1. The van der Waals surface area contributed by atoms with Crippen molar-refractivity contribution < 1.29 is 9.90 Å². The van der Waals surface area contributed by atoms with E-state index in [1.165, 1.54) is 0 Å². The van der Waals surface area contributed by atoms with Gasteiger partial charge in [-0.3, -0.25) is 4.79 Å². The van der Waals surface area contributed by atoms with Crippen LogP contribution < -0.4 is 11.1 Å². The van der Waals surface area contributed by atoms with Crippen LogP contribution in [0.4, 0.5) is 5.69 Å². The zero-order chi connectivity index (χ0) is 16.0. The maximum atomic E-state index is 12.0. The monoisotopic (exact) mass is 292 g/mol. The number of carbonyl (C=O) groups is 1. The van der Waals surface area contributed by atoms with E-state index in [0.29, 0.717) is 25.3 Å². The lowest BCUT2D eigenvalue weighted by Crippen LogP contribution is -2.41. The summed E-state index contributed by atoms with van der Waals surface area (Å²) in [4.78, 5) is 12.0. The van der Waals surface area contributed by atoms with E-state index >= 15 is 0 Å². The Morgan fingerprint density at radius 3 is 2.38 bits per heavy atom. The van der Waals surface area contributed by atoms with Crippen LogP contribution in [0.15, 0.2) is 24.3 Å². The first-order valence-corrected chi connectivity index (χ1v) is 7.54. The number of nitrogen functional groups attached to an aromatic ring is 1. The second-order valence-corrected chi connectivity index (χ2v) is 6.64. The molecule has 0 aliphatic carbocycles. The minimum absolute atomic E-state index is 0.0386. The SMILES string of the molecule is CC(C)CC(C)(O)CNC(=O)CC(C)c1ccc(N)cc1. The topological polar surface area (TPSA) is 75.3 Å². The molecule has 0 radical (unpaired) electrons. The molecule has 0 saturated carbocycles. The molecule has 1 rings (SSSR count). The van der Waals surface area contributed by atoms with Gasteiger partial charge in [-0.15, -0.1) is 0 Å². The van der Waals surface area contributed by atoms with E-state index in [2.05, 4.69) is 19.2 Å². The number of carbonyl (C=O) groups excluding carboxylic acids is 1. The molecule has 4 N–H and O–H groups in total. The summed E-state index contributed by atoms with van der Waals surface area (Å²) in [5, 5.41) is 13.0. The Kier molecular flexibility index (Phi) is 6.21. The molecule has 0 spiro atoms. The molecule has 2 atom stereocenters. The van der Waals surface area contributed by atoms with Crippen molar-refractivity contribution in [2.24, 2.45) is 5.92 Å². The summed E-state index contributed by atoms with van der Waals surface area (Å²) >= 11 is 0. The Morgan fingerprint density at radius 1 is 1.29 bits per heavy atom. The Morgan fingerprint density at radius 2 is 1.86 bits per heavy atom. The molecule has 0 aromatic heterocycles. The largest absolute Gasteiger partial charge is 0.399 e. The van der Waals surface area contributed by atoms with E-state index < -0.39 is 5.60 Å². The molecule has 0 bridgehead atoms. The van der Waals surface area contributed by atoms with Crippen LogP contribution in [0.1, 0.15) is 52.0 Å². The van der Waals surface area contributed by atoms with E-state index in [-0.39, 0.29) is 11.8 Å². The van der Waals surface area contributed by atoms with Crippen LogP contribution in [0.25, 0.3) is 0 Å². The van der Waals surface area contributed by atoms with Crippen molar-refractivity contribution in [2.75, 3.05) is 12.3 Å². The smallest absolute Gasteiger partial charge is 0.220 e. The summed E-state index contributed by atoms with van der Waals surface area (Å²) in [6, 6.07) is 7.58. The molecular weight excluding hydrogens is 264 g/mol. The first-order valence-electron chi connectivity index (χ1n) is 7.54. The quantitative estimate of drug-likeness (QED) is 0.676. The van der Waals surface area contributed by atoms with Gasteiger partial charge in [-0.2, -0.15) is 0 Å². The number of amides is 1. The lowest BCUT2D eigenvalue weighted by molar-refractivity contribution is -0.122. The van der Waals surface area contributed by atoms with E-state index in [1.807, 2.05) is 31.2 Å². The van der Waals surface area contributed by atoms with Crippen LogP contribution in [0.5, 0.6) is 0 Å². The summed E-state index contributed by atoms with van der Waals surface area (Å²) in [5.74, 6) is 0.481. The van der Waals surface area contributed by atoms with Gasteiger partial charge in [-0.25, -0.2) is 0 Å². The van der Waals surface area contributed by atoms with Crippen LogP contribution >= 0.6 is 0 Å². The maximum absolute atomic E-state index is 12.0. The summed E-state index contributed by atoms with van der Waals surface area (Å²) in [6.07, 6.45) is 1.07. The molecule has 0 aliphatic heterocycles. The fourth-order valence-electron chi connectivity index (χ4n) is 2.53. The van der Waals surface area contributed by atoms with Gasteiger partial charge < -0.3 is 16.2 Å². The molecule has 2 unspecified atom stereocenters. The number of hydrogen-bond acceptors (Lipinski definition) is 3.